The summed E-state index contributed by atoms with van der Waals surface area (Å²) >= 11 is 0. The van der Waals surface area contributed by atoms with Crippen LogP contribution in [0.3, 0.4) is 0 Å². The monoisotopic (exact) mass is 274 g/mol. The summed E-state index contributed by atoms with van der Waals surface area (Å²) in [4.78, 5) is 13.0. The summed E-state index contributed by atoms with van der Waals surface area (Å²) in [5.41, 5.74) is 0. The lowest BCUT2D eigenvalue weighted by molar-refractivity contribution is 0.405. The highest BCUT2D eigenvalue weighted by atomic mass is 16.3. The van der Waals surface area contributed by atoms with Gasteiger partial charge in [0.1, 0.15) is 23.2 Å². The van der Waals surface area contributed by atoms with Gasteiger partial charge in [-0.3, -0.25) is 0 Å². The summed E-state index contributed by atoms with van der Waals surface area (Å²) in [6, 6.07) is 5.95. The van der Waals surface area contributed by atoms with Crippen molar-refractivity contribution in [1.82, 2.24) is 14.9 Å². The molecule has 2 aromatic rings. The molecule has 5 nitrogen and oxygen atoms in total. The number of hydrogen-bond donors (Lipinski definition) is 0. The number of likely N-dealkylation sites (N-methyl/N-ethyl adjacent to an activating group) is 1. The minimum atomic E-state index is 0.720. The maximum absolute atomic E-state index is 5.67. The minimum Gasteiger partial charge on any atom is -0.464 e. The summed E-state index contributed by atoms with van der Waals surface area (Å²) in [5, 5.41) is 0. The van der Waals surface area contributed by atoms with Gasteiger partial charge in [0.2, 0.25) is 0 Å². The van der Waals surface area contributed by atoms with Crippen molar-refractivity contribution < 1.29 is 4.42 Å². The summed E-state index contributed by atoms with van der Waals surface area (Å²) in [5.74, 6) is 3.62. The SMILES string of the molecule is Cc1nccc(N(CCN(C)C)Cc2ccc(C)o2)n1. The average Bonchev–Trinajstić information content (AvgIpc) is 2.80. The van der Waals surface area contributed by atoms with E-state index < -0.39 is 0 Å². The van der Waals surface area contributed by atoms with Crippen molar-refractivity contribution in [1.29, 1.82) is 0 Å². The van der Waals surface area contributed by atoms with Crippen molar-refractivity contribution in [3.8, 4) is 0 Å². The molecule has 0 atom stereocenters. The van der Waals surface area contributed by atoms with Gasteiger partial charge in [0.15, 0.2) is 0 Å². The number of furan rings is 1. The molecule has 0 unspecified atom stereocenters. The molecule has 0 aromatic carbocycles. The summed E-state index contributed by atoms with van der Waals surface area (Å²) in [7, 11) is 4.14. The Morgan fingerprint density at radius 1 is 1.10 bits per heavy atom. The molecule has 108 valence electrons. The number of hydrogen-bond acceptors (Lipinski definition) is 5. The lowest BCUT2D eigenvalue weighted by Crippen LogP contribution is -2.32. The molecule has 0 saturated heterocycles. The number of aromatic nitrogens is 2. The first-order valence-electron chi connectivity index (χ1n) is 6.79. The zero-order chi connectivity index (χ0) is 14.5. The fourth-order valence-electron chi connectivity index (χ4n) is 1.97. The normalized spacial score (nSPS) is 11.1. The highest BCUT2D eigenvalue weighted by Crippen LogP contribution is 2.16. The van der Waals surface area contributed by atoms with Crippen LogP contribution < -0.4 is 4.90 Å². The highest BCUT2D eigenvalue weighted by Gasteiger charge is 2.11. The lowest BCUT2D eigenvalue weighted by Gasteiger charge is -2.24. The number of rotatable bonds is 6. The van der Waals surface area contributed by atoms with Crippen LogP contribution in [0.15, 0.2) is 28.8 Å². The Hall–Kier alpha value is -1.88. The zero-order valence-electron chi connectivity index (χ0n) is 12.6. The van der Waals surface area contributed by atoms with E-state index in [0.717, 1.165) is 42.8 Å². The standard InChI is InChI=1S/C15H22N4O/c1-12-5-6-14(20-12)11-19(10-9-18(3)4)15-7-8-16-13(2)17-15/h5-8H,9-11H2,1-4H3. The van der Waals surface area contributed by atoms with E-state index in [9.17, 15) is 0 Å². The molecule has 0 bridgehead atoms. The molecule has 0 N–H and O–H groups in total. The van der Waals surface area contributed by atoms with Crippen LogP contribution in [0.2, 0.25) is 0 Å². The van der Waals surface area contributed by atoms with E-state index in [4.69, 9.17) is 4.42 Å². The molecule has 0 spiro atoms. The van der Waals surface area contributed by atoms with Gasteiger partial charge in [-0.15, -0.1) is 0 Å². The molecular weight excluding hydrogens is 252 g/mol. The smallest absolute Gasteiger partial charge is 0.132 e. The van der Waals surface area contributed by atoms with E-state index in [1.807, 2.05) is 32.0 Å². The van der Waals surface area contributed by atoms with Gasteiger partial charge in [-0.25, -0.2) is 9.97 Å². The number of aryl methyl sites for hydroxylation is 2. The Bertz CT molecular complexity index is 550. The van der Waals surface area contributed by atoms with Crippen LogP contribution in [-0.2, 0) is 6.54 Å². The minimum absolute atomic E-state index is 0.720. The van der Waals surface area contributed by atoms with Crippen molar-refractivity contribution >= 4 is 5.82 Å². The first kappa shape index (κ1) is 14.5. The zero-order valence-corrected chi connectivity index (χ0v) is 12.6. The van der Waals surface area contributed by atoms with Crippen molar-refractivity contribution in [2.24, 2.45) is 0 Å². The molecule has 0 fully saturated rings. The Morgan fingerprint density at radius 2 is 1.90 bits per heavy atom. The van der Waals surface area contributed by atoms with Gasteiger partial charge in [0.25, 0.3) is 0 Å². The average molecular weight is 274 g/mol. The number of anilines is 1. The van der Waals surface area contributed by atoms with Gasteiger partial charge < -0.3 is 14.2 Å². The second-order valence-corrected chi connectivity index (χ2v) is 5.20. The topological polar surface area (TPSA) is 45.4 Å². The predicted molar refractivity (Wildman–Crippen MR) is 79.8 cm³/mol. The lowest BCUT2D eigenvalue weighted by atomic mass is 10.3. The fraction of sp³-hybridized carbons (Fsp3) is 0.467. The van der Waals surface area contributed by atoms with Gasteiger partial charge >= 0.3 is 0 Å². The van der Waals surface area contributed by atoms with E-state index in [2.05, 4.69) is 33.9 Å². The van der Waals surface area contributed by atoms with Gasteiger partial charge in [0.05, 0.1) is 6.54 Å². The van der Waals surface area contributed by atoms with Crippen molar-refractivity contribution in [2.75, 3.05) is 32.1 Å². The second-order valence-electron chi connectivity index (χ2n) is 5.20. The van der Waals surface area contributed by atoms with Crippen LogP contribution in [0.5, 0.6) is 0 Å². The van der Waals surface area contributed by atoms with Gasteiger partial charge in [-0.1, -0.05) is 0 Å². The summed E-state index contributed by atoms with van der Waals surface area (Å²) in [6.07, 6.45) is 1.80. The maximum Gasteiger partial charge on any atom is 0.132 e. The van der Waals surface area contributed by atoms with Gasteiger partial charge in [0, 0.05) is 19.3 Å². The van der Waals surface area contributed by atoms with E-state index in [1.54, 1.807) is 6.20 Å². The second kappa shape index (κ2) is 6.52. The molecule has 0 aliphatic heterocycles. The van der Waals surface area contributed by atoms with E-state index in [0.29, 0.717) is 0 Å². The molecule has 0 saturated carbocycles. The van der Waals surface area contributed by atoms with Crippen molar-refractivity contribution in [3.63, 3.8) is 0 Å². The van der Waals surface area contributed by atoms with Crippen molar-refractivity contribution in [2.45, 2.75) is 20.4 Å². The molecule has 2 heterocycles. The molecule has 5 heteroatoms. The first-order valence-corrected chi connectivity index (χ1v) is 6.79. The van der Waals surface area contributed by atoms with Crippen LogP contribution in [0.1, 0.15) is 17.3 Å². The third-order valence-electron chi connectivity index (χ3n) is 3.05. The van der Waals surface area contributed by atoms with E-state index in [-0.39, 0.29) is 0 Å². The van der Waals surface area contributed by atoms with Crippen molar-refractivity contribution in [3.05, 3.63) is 41.7 Å². The Labute approximate surface area is 120 Å². The van der Waals surface area contributed by atoms with Crippen LogP contribution in [0, 0.1) is 13.8 Å². The van der Waals surface area contributed by atoms with E-state index >= 15 is 0 Å². The molecule has 2 rings (SSSR count). The molecule has 20 heavy (non-hydrogen) atoms. The quantitative estimate of drug-likeness (QED) is 0.808. The Morgan fingerprint density at radius 3 is 2.50 bits per heavy atom. The van der Waals surface area contributed by atoms with Crippen LogP contribution in [-0.4, -0.2) is 42.1 Å². The molecule has 0 amide bonds. The molecule has 2 aromatic heterocycles. The predicted octanol–water partition coefficient (Wildman–Crippen LogP) is 2.25. The van der Waals surface area contributed by atoms with Crippen LogP contribution in [0.4, 0.5) is 5.82 Å². The third kappa shape index (κ3) is 4.06. The Balaban J connectivity index is 2.15. The molecular formula is C15H22N4O. The Kier molecular flexibility index (Phi) is 4.74. The molecule has 0 radical (unpaired) electrons. The fourth-order valence-corrected chi connectivity index (χ4v) is 1.97. The highest BCUT2D eigenvalue weighted by molar-refractivity contribution is 5.38. The largest absolute Gasteiger partial charge is 0.464 e. The third-order valence-corrected chi connectivity index (χ3v) is 3.05. The summed E-state index contributed by atoms with van der Waals surface area (Å²) < 4.78 is 5.67. The van der Waals surface area contributed by atoms with Crippen LogP contribution >= 0.6 is 0 Å². The van der Waals surface area contributed by atoms with E-state index in [1.165, 1.54) is 0 Å². The van der Waals surface area contributed by atoms with Gasteiger partial charge in [-0.05, 0) is 46.1 Å². The van der Waals surface area contributed by atoms with Crippen LogP contribution in [0.25, 0.3) is 0 Å². The maximum atomic E-state index is 5.67. The molecule has 0 aliphatic carbocycles. The van der Waals surface area contributed by atoms with Gasteiger partial charge in [-0.2, -0.15) is 0 Å². The summed E-state index contributed by atoms with van der Waals surface area (Å²) in [6.45, 7) is 6.44. The first-order chi connectivity index (χ1) is 9.54. The number of nitrogens with zero attached hydrogens (tertiary/aromatic N) is 4. The molecule has 0 aliphatic rings.